The highest BCUT2D eigenvalue weighted by Gasteiger charge is 2.38. The average molecular weight is 271 g/mol. The summed E-state index contributed by atoms with van der Waals surface area (Å²) in [5.41, 5.74) is 0.810. The third-order valence-electron chi connectivity index (χ3n) is 4.74. The third-order valence-corrected chi connectivity index (χ3v) is 4.74. The van der Waals surface area contributed by atoms with Crippen LogP contribution in [0.15, 0.2) is 42.5 Å². The number of nitrogens with zero attached hydrogens (tertiary/aromatic N) is 1. The average Bonchev–Trinajstić information content (AvgIpc) is 2.48. The van der Waals surface area contributed by atoms with Gasteiger partial charge in [0.2, 0.25) is 0 Å². The molecular weight excluding hydrogens is 246 g/mol. The Balaban J connectivity index is 2.57. The molecule has 0 amide bonds. The summed E-state index contributed by atoms with van der Waals surface area (Å²) in [6, 6.07) is 14.5. The van der Waals surface area contributed by atoms with Crippen molar-refractivity contribution in [3.8, 4) is 0 Å². The van der Waals surface area contributed by atoms with Crippen LogP contribution in [-0.4, -0.2) is 29.6 Å². The van der Waals surface area contributed by atoms with E-state index in [-0.39, 0.29) is 5.54 Å². The Morgan fingerprint density at radius 2 is 1.60 bits per heavy atom. The first-order valence-corrected chi connectivity index (χ1v) is 7.40. The zero-order valence-electron chi connectivity index (χ0n) is 12.9. The molecule has 0 aliphatic carbocycles. The van der Waals surface area contributed by atoms with E-state index < -0.39 is 6.10 Å². The monoisotopic (exact) mass is 271 g/mol. The predicted molar refractivity (Wildman–Crippen MR) is 85.9 cm³/mol. The Labute approximate surface area is 122 Å². The van der Waals surface area contributed by atoms with E-state index in [1.807, 2.05) is 18.2 Å². The molecule has 0 aromatic heterocycles. The number of aliphatic hydroxyl groups is 1. The number of likely N-dealkylation sites (N-methyl/N-ethyl adjacent to an activating group) is 1. The van der Waals surface area contributed by atoms with Gasteiger partial charge in [-0.15, -0.1) is 0 Å². The number of fused-ring (bicyclic) bond motifs is 1. The molecule has 0 radical (unpaired) electrons. The van der Waals surface area contributed by atoms with Gasteiger partial charge < -0.3 is 10.0 Å². The molecule has 0 saturated heterocycles. The summed E-state index contributed by atoms with van der Waals surface area (Å²) in [6.45, 7) is 4.30. The second-order valence-corrected chi connectivity index (χ2v) is 5.68. The lowest BCUT2D eigenvalue weighted by Gasteiger charge is -2.43. The number of aliphatic hydroxyl groups excluding tert-OH is 1. The second kappa shape index (κ2) is 5.94. The lowest BCUT2D eigenvalue weighted by molar-refractivity contribution is -0.0141. The summed E-state index contributed by atoms with van der Waals surface area (Å²) in [4.78, 5) is 2.17. The summed E-state index contributed by atoms with van der Waals surface area (Å²) in [5.74, 6) is 0. The van der Waals surface area contributed by atoms with Crippen LogP contribution in [0.2, 0.25) is 0 Å². The van der Waals surface area contributed by atoms with Crippen LogP contribution >= 0.6 is 0 Å². The van der Waals surface area contributed by atoms with Crippen molar-refractivity contribution in [2.75, 3.05) is 14.1 Å². The van der Waals surface area contributed by atoms with Gasteiger partial charge in [0.15, 0.2) is 0 Å². The van der Waals surface area contributed by atoms with Gasteiger partial charge in [0.1, 0.15) is 0 Å². The van der Waals surface area contributed by atoms with Crippen LogP contribution in [0.25, 0.3) is 10.8 Å². The van der Waals surface area contributed by atoms with E-state index in [1.165, 1.54) is 5.39 Å². The van der Waals surface area contributed by atoms with E-state index in [2.05, 4.69) is 57.1 Å². The molecule has 0 saturated carbocycles. The fourth-order valence-corrected chi connectivity index (χ4v) is 3.29. The number of rotatable bonds is 5. The summed E-state index contributed by atoms with van der Waals surface area (Å²) in [5, 5.41) is 13.4. The molecule has 1 N–H and O–H groups in total. The van der Waals surface area contributed by atoms with Gasteiger partial charge in [-0.05, 0) is 43.3 Å². The first-order valence-electron chi connectivity index (χ1n) is 7.40. The molecular formula is C18H25NO. The number of benzene rings is 2. The van der Waals surface area contributed by atoms with E-state index in [4.69, 9.17) is 0 Å². The second-order valence-electron chi connectivity index (χ2n) is 5.68. The molecule has 108 valence electrons. The van der Waals surface area contributed by atoms with Crippen LogP contribution in [0, 0.1) is 0 Å². The summed E-state index contributed by atoms with van der Waals surface area (Å²) in [6.07, 6.45) is 1.35. The van der Waals surface area contributed by atoms with Crippen molar-refractivity contribution in [3.05, 3.63) is 48.0 Å². The number of hydrogen-bond acceptors (Lipinski definition) is 2. The zero-order valence-corrected chi connectivity index (χ0v) is 12.9. The SMILES string of the molecule is CCC(CC)(C(O)c1cccc2ccccc12)N(C)C. The van der Waals surface area contributed by atoms with Crippen LogP contribution in [0.1, 0.15) is 38.4 Å². The van der Waals surface area contributed by atoms with Gasteiger partial charge >= 0.3 is 0 Å². The summed E-state index contributed by atoms with van der Waals surface area (Å²) in [7, 11) is 4.11. The van der Waals surface area contributed by atoms with Gasteiger partial charge in [-0.1, -0.05) is 56.3 Å². The largest absolute Gasteiger partial charge is 0.386 e. The molecule has 0 aliphatic rings. The molecule has 20 heavy (non-hydrogen) atoms. The third kappa shape index (κ3) is 2.34. The molecule has 2 aromatic rings. The van der Waals surface area contributed by atoms with Crippen LogP contribution in [0.3, 0.4) is 0 Å². The van der Waals surface area contributed by atoms with E-state index in [9.17, 15) is 5.11 Å². The van der Waals surface area contributed by atoms with Gasteiger partial charge in [-0.25, -0.2) is 0 Å². The molecule has 2 heteroatoms. The highest BCUT2D eigenvalue weighted by molar-refractivity contribution is 5.86. The summed E-state index contributed by atoms with van der Waals surface area (Å²) < 4.78 is 0. The Morgan fingerprint density at radius 1 is 1.00 bits per heavy atom. The van der Waals surface area contributed by atoms with E-state index in [0.29, 0.717) is 0 Å². The topological polar surface area (TPSA) is 23.5 Å². The molecule has 2 rings (SSSR count). The molecule has 0 bridgehead atoms. The van der Waals surface area contributed by atoms with E-state index >= 15 is 0 Å². The Morgan fingerprint density at radius 3 is 2.20 bits per heavy atom. The Kier molecular flexibility index (Phi) is 4.46. The van der Waals surface area contributed by atoms with Crippen LogP contribution < -0.4 is 0 Å². The Bertz CT molecular complexity index is 567. The maximum atomic E-state index is 11.1. The molecule has 1 atom stereocenters. The highest BCUT2D eigenvalue weighted by Crippen LogP contribution is 2.38. The fourth-order valence-electron chi connectivity index (χ4n) is 3.29. The minimum atomic E-state index is -0.487. The summed E-state index contributed by atoms with van der Waals surface area (Å²) >= 11 is 0. The normalized spacial score (nSPS) is 13.9. The first-order chi connectivity index (χ1) is 9.56. The van der Waals surface area contributed by atoms with Gasteiger partial charge in [-0.3, -0.25) is 0 Å². The smallest absolute Gasteiger partial charge is 0.0979 e. The van der Waals surface area contributed by atoms with Crippen molar-refractivity contribution in [3.63, 3.8) is 0 Å². The highest BCUT2D eigenvalue weighted by atomic mass is 16.3. The molecule has 0 heterocycles. The molecule has 2 nitrogen and oxygen atoms in total. The number of hydrogen-bond donors (Lipinski definition) is 1. The minimum Gasteiger partial charge on any atom is -0.386 e. The molecule has 0 spiro atoms. The quantitative estimate of drug-likeness (QED) is 0.888. The van der Waals surface area contributed by atoms with E-state index in [1.54, 1.807) is 0 Å². The molecule has 1 unspecified atom stereocenters. The maximum Gasteiger partial charge on any atom is 0.0979 e. The lowest BCUT2D eigenvalue weighted by atomic mass is 9.80. The van der Waals surface area contributed by atoms with Gasteiger partial charge in [0.25, 0.3) is 0 Å². The van der Waals surface area contributed by atoms with Gasteiger partial charge in [0, 0.05) is 5.54 Å². The molecule has 2 aromatic carbocycles. The van der Waals surface area contributed by atoms with Crippen molar-refractivity contribution in [1.82, 2.24) is 4.90 Å². The lowest BCUT2D eigenvalue weighted by Crippen LogP contribution is -2.48. The van der Waals surface area contributed by atoms with Crippen LogP contribution in [-0.2, 0) is 0 Å². The zero-order chi connectivity index (χ0) is 14.8. The molecule has 0 fully saturated rings. The first kappa shape index (κ1) is 15.0. The minimum absolute atomic E-state index is 0.218. The Hall–Kier alpha value is -1.38. The standard InChI is InChI=1S/C18H25NO/c1-5-18(6-2,19(3)4)17(20)16-13-9-11-14-10-7-8-12-15(14)16/h7-13,17,20H,5-6H2,1-4H3. The van der Waals surface area contributed by atoms with Crippen molar-refractivity contribution in [1.29, 1.82) is 0 Å². The van der Waals surface area contributed by atoms with Crippen molar-refractivity contribution in [2.24, 2.45) is 0 Å². The van der Waals surface area contributed by atoms with Crippen LogP contribution in [0.4, 0.5) is 0 Å². The van der Waals surface area contributed by atoms with Crippen molar-refractivity contribution < 1.29 is 5.11 Å². The molecule has 0 aliphatic heterocycles. The van der Waals surface area contributed by atoms with Crippen LogP contribution in [0.5, 0.6) is 0 Å². The van der Waals surface area contributed by atoms with Gasteiger partial charge in [-0.2, -0.15) is 0 Å². The van der Waals surface area contributed by atoms with E-state index in [0.717, 1.165) is 23.8 Å². The van der Waals surface area contributed by atoms with Crippen molar-refractivity contribution in [2.45, 2.75) is 38.3 Å². The predicted octanol–water partition coefficient (Wildman–Crippen LogP) is 3.99. The van der Waals surface area contributed by atoms with Gasteiger partial charge in [0.05, 0.1) is 6.10 Å². The maximum absolute atomic E-state index is 11.1. The fraction of sp³-hybridized carbons (Fsp3) is 0.444. The van der Waals surface area contributed by atoms with Crippen molar-refractivity contribution >= 4 is 10.8 Å².